The maximum Gasteiger partial charge on any atom is 0.418 e. The Morgan fingerprint density at radius 1 is 1.27 bits per heavy atom. The van der Waals surface area contributed by atoms with Gasteiger partial charge in [-0.2, -0.15) is 13.5 Å². The zero-order valence-electron chi connectivity index (χ0n) is 26.2. The Kier molecular flexibility index (Phi) is 9.66. The molecule has 1 aromatic heterocycles. The number of anilines is 1. The summed E-state index contributed by atoms with van der Waals surface area (Å²) in [6.45, 7) is 5.75. The zero-order valence-corrected chi connectivity index (χ0v) is 27.8. The van der Waals surface area contributed by atoms with Crippen LogP contribution in [-0.4, -0.2) is 99.9 Å². The zero-order chi connectivity index (χ0) is 35.0. The topological polar surface area (TPSA) is 268 Å². The number of carboxylic acid groups (broad SMARTS) is 1. The number of rotatable bonds is 11. The van der Waals surface area contributed by atoms with Gasteiger partial charge in [-0.1, -0.05) is 5.16 Å². The molecular weight excluding hydrogens is 672 g/mol. The monoisotopic (exact) mass is 708 g/mol. The average molecular weight is 709 g/mol. The third-order valence-corrected chi connectivity index (χ3v) is 9.46. The first-order valence-electron chi connectivity index (χ1n) is 14.9. The van der Waals surface area contributed by atoms with Gasteiger partial charge in [-0.25, -0.2) is 9.78 Å². The van der Waals surface area contributed by atoms with Crippen molar-refractivity contribution in [3.63, 3.8) is 0 Å². The first-order valence-corrected chi connectivity index (χ1v) is 17.1. The Hall–Kier alpha value is -4.37. The highest BCUT2D eigenvalue weighted by molar-refractivity contribution is 7.80. The van der Waals surface area contributed by atoms with Crippen LogP contribution in [0.1, 0.15) is 56.9 Å². The molecule has 48 heavy (non-hydrogen) atoms. The number of aliphatic carboxylic acids is 1. The molecule has 3 atom stereocenters. The van der Waals surface area contributed by atoms with Crippen LogP contribution < -0.4 is 26.4 Å². The van der Waals surface area contributed by atoms with E-state index in [1.165, 1.54) is 26.2 Å². The van der Waals surface area contributed by atoms with Crippen LogP contribution >= 0.6 is 11.3 Å². The van der Waals surface area contributed by atoms with Crippen LogP contribution in [0.3, 0.4) is 0 Å². The molecule has 1 aromatic carbocycles. The SMILES string of the molecule is CC(O/N=C(\C(=O)N[C@@H]1C(=O)N(OS(=O)(=O)O)C1(C)C)c1csc(N)n1)(C(=O)O)[C@H]1CCc2cc(C(=N)NC3CCNCC3)ccc2O1. The lowest BCUT2D eigenvalue weighted by Gasteiger charge is -2.50. The van der Waals surface area contributed by atoms with Crippen molar-refractivity contribution in [3.05, 3.63) is 40.4 Å². The molecule has 260 valence electrons. The number of thiazole rings is 1. The summed E-state index contributed by atoms with van der Waals surface area (Å²) < 4.78 is 41.7. The van der Waals surface area contributed by atoms with Gasteiger partial charge < -0.3 is 36.4 Å². The first kappa shape index (κ1) is 35.0. The highest BCUT2D eigenvalue weighted by Gasteiger charge is 2.58. The number of β-lactam (4-membered cyclic amide) rings is 1. The number of piperidine rings is 1. The van der Waals surface area contributed by atoms with Gasteiger partial charge in [0.25, 0.3) is 17.4 Å². The van der Waals surface area contributed by atoms with Gasteiger partial charge in [0.05, 0.1) is 5.54 Å². The molecule has 2 amide bonds. The van der Waals surface area contributed by atoms with E-state index in [0.717, 1.165) is 42.8 Å². The molecule has 0 spiro atoms. The summed E-state index contributed by atoms with van der Waals surface area (Å²) in [7, 11) is -5.03. The van der Waals surface area contributed by atoms with Gasteiger partial charge in [-0.3, -0.25) is 19.6 Å². The maximum absolute atomic E-state index is 13.4. The van der Waals surface area contributed by atoms with Crippen molar-refractivity contribution in [1.29, 1.82) is 5.41 Å². The number of nitrogen functional groups attached to an aromatic ring is 1. The highest BCUT2D eigenvalue weighted by Crippen LogP contribution is 2.35. The summed E-state index contributed by atoms with van der Waals surface area (Å²) in [5.74, 6) is -2.74. The third-order valence-electron chi connectivity index (χ3n) is 8.45. The van der Waals surface area contributed by atoms with Crippen LogP contribution in [0.25, 0.3) is 0 Å². The molecule has 5 rings (SSSR count). The largest absolute Gasteiger partial charge is 0.485 e. The number of fused-ring (bicyclic) bond motifs is 1. The van der Waals surface area contributed by atoms with Gasteiger partial charge in [0.1, 0.15) is 23.3 Å². The lowest BCUT2D eigenvalue weighted by atomic mass is 9.84. The molecule has 8 N–H and O–H groups in total. The van der Waals surface area contributed by atoms with E-state index in [0.29, 0.717) is 28.6 Å². The molecule has 2 saturated heterocycles. The van der Waals surface area contributed by atoms with Crippen LogP contribution in [0, 0.1) is 5.41 Å². The van der Waals surface area contributed by atoms with Gasteiger partial charge in [0.2, 0.25) is 0 Å². The minimum Gasteiger partial charge on any atom is -0.485 e. The van der Waals surface area contributed by atoms with Gasteiger partial charge in [-0.05, 0) is 83.3 Å². The Morgan fingerprint density at radius 2 is 1.98 bits per heavy atom. The normalized spacial score (nSPS) is 22.4. The van der Waals surface area contributed by atoms with Gasteiger partial charge in [0.15, 0.2) is 16.9 Å². The number of amidine groups is 1. The first-order chi connectivity index (χ1) is 22.5. The lowest BCUT2D eigenvalue weighted by Crippen LogP contribution is -2.76. The second-order valence-electron chi connectivity index (χ2n) is 12.2. The summed E-state index contributed by atoms with van der Waals surface area (Å²) >= 11 is 0.966. The number of aromatic nitrogens is 1. The molecule has 18 nitrogen and oxygen atoms in total. The molecule has 3 aliphatic heterocycles. The van der Waals surface area contributed by atoms with Gasteiger partial charge >= 0.3 is 16.4 Å². The van der Waals surface area contributed by atoms with Gasteiger partial charge in [-0.15, -0.1) is 15.6 Å². The summed E-state index contributed by atoms with van der Waals surface area (Å²) in [6, 6.07) is 4.09. The Labute approximate surface area is 279 Å². The van der Waals surface area contributed by atoms with Crippen molar-refractivity contribution in [2.45, 2.75) is 75.8 Å². The van der Waals surface area contributed by atoms with E-state index >= 15 is 0 Å². The number of carbonyl (C=O) groups excluding carboxylic acids is 2. The Morgan fingerprint density at radius 3 is 2.58 bits per heavy atom. The number of nitrogens with two attached hydrogens (primary N) is 1. The predicted octanol–water partition coefficient (Wildman–Crippen LogP) is 0.190. The fraction of sp³-hybridized carbons (Fsp3) is 0.500. The van der Waals surface area contributed by atoms with E-state index < -0.39 is 57.2 Å². The second-order valence-corrected chi connectivity index (χ2v) is 14.1. The van der Waals surface area contributed by atoms with Crippen molar-refractivity contribution in [2.24, 2.45) is 5.16 Å². The molecule has 0 radical (unpaired) electrons. The number of oxime groups is 1. The molecule has 1 unspecified atom stereocenters. The van der Waals surface area contributed by atoms with E-state index in [1.807, 2.05) is 6.07 Å². The average Bonchev–Trinajstić information content (AvgIpc) is 3.47. The number of benzene rings is 1. The molecule has 2 aromatic rings. The highest BCUT2D eigenvalue weighted by atomic mass is 32.3. The molecule has 3 aliphatic rings. The predicted molar refractivity (Wildman–Crippen MR) is 171 cm³/mol. The fourth-order valence-electron chi connectivity index (χ4n) is 5.58. The number of nitrogens with one attached hydrogen (secondary N) is 4. The minimum absolute atomic E-state index is 0.0601. The number of nitrogens with zero attached hydrogens (tertiary/aromatic N) is 3. The number of carbonyl (C=O) groups is 3. The van der Waals surface area contributed by atoms with Crippen LogP contribution in [0.4, 0.5) is 5.13 Å². The van der Waals surface area contributed by atoms with E-state index in [1.54, 1.807) is 12.1 Å². The molecule has 2 fully saturated rings. The fourth-order valence-corrected chi connectivity index (χ4v) is 6.58. The minimum atomic E-state index is -5.03. The van der Waals surface area contributed by atoms with Crippen molar-refractivity contribution in [1.82, 2.24) is 26.0 Å². The molecule has 0 saturated carbocycles. The summed E-state index contributed by atoms with van der Waals surface area (Å²) in [4.78, 5) is 48.3. The molecule has 20 heteroatoms. The number of aryl methyl sites for hydroxylation is 1. The summed E-state index contributed by atoms with van der Waals surface area (Å²) in [5.41, 5.74) is 3.07. The van der Waals surface area contributed by atoms with Gasteiger partial charge in [0, 0.05) is 17.0 Å². The number of hydrogen-bond donors (Lipinski definition) is 7. The molecule has 0 bridgehead atoms. The van der Waals surface area contributed by atoms with E-state index in [9.17, 15) is 27.9 Å². The van der Waals surface area contributed by atoms with Crippen LogP contribution in [0.5, 0.6) is 5.75 Å². The third kappa shape index (κ3) is 7.21. The maximum atomic E-state index is 13.4. The van der Waals surface area contributed by atoms with Crippen LogP contribution in [0.2, 0.25) is 0 Å². The lowest BCUT2D eigenvalue weighted by molar-refractivity contribution is -0.218. The quantitative estimate of drug-likeness (QED) is 0.0540. The van der Waals surface area contributed by atoms with Crippen molar-refractivity contribution in [2.75, 3.05) is 18.8 Å². The van der Waals surface area contributed by atoms with Crippen LogP contribution in [-0.2, 0) is 40.3 Å². The number of hydrogen-bond acceptors (Lipinski definition) is 14. The summed E-state index contributed by atoms with van der Waals surface area (Å²) in [6.07, 6.45) is 1.36. The second kappa shape index (κ2) is 13.3. The molecule has 4 heterocycles. The number of amides is 2. The molecular formula is C28H36N8O10S2. The number of carboxylic acids is 1. The van der Waals surface area contributed by atoms with E-state index in [2.05, 4.69) is 30.4 Å². The number of ether oxygens (including phenoxy) is 1. The molecule has 0 aliphatic carbocycles. The standard InChI is InChI=1S/C28H36N8O10S2/c1-27(2)21(24(38)36(27)46-48(41,42)43)34-23(37)20(17-13-47-26(30)33-17)35-45-28(3,25(39)40)19-7-5-14-12-15(4-6-18(14)44-19)22(29)32-16-8-10-31-11-9-16/h4,6,12-13,16,19,21,31H,5,7-11H2,1-3H3,(H2,29,32)(H2,30,33)(H,34,37)(H,39,40)(H,41,42,43)/b35-20-/t19-,21-,28?/m1/s1. The van der Waals surface area contributed by atoms with Crippen molar-refractivity contribution < 1.29 is 46.3 Å². The number of hydroxylamine groups is 2. The van der Waals surface area contributed by atoms with Crippen molar-refractivity contribution in [3.8, 4) is 5.75 Å². The van der Waals surface area contributed by atoms with Crippen molar-refractivity contribution >= 4 is 56.2 Å². The van der Waals surface area contributed by atoms with Crippen LogP contribution in [0.15, 0.2) is 28.7 Å². The Bertz CT molecular complexity index is 1760. The van der Waals surface area contributed by atoms with E-state index in [4.69, 9.17) is 25.3 Å². The smallest absolute Gasteiger partial charge is 0.418 e. The van der Waals surface area contributed by atoms with E-state index in [-0.39, 0.29) is 23.3 Å². The summed E-state index contributed by atoms with van der Waals surface area (Å²) in [5, 5.41) is 33.5. The Balaban J connectivity index is 1.33.